The van der Waals surface area contributed by atoms with Crippen molar-refractivity contribution in [1.29, 1.82) is 0 Å². The second kappa shape index (κ2) is 5.66. The first kappa shape index (κ1) is 13.8. The van der Waals surface area contributed by atoms with Crippen molar-refractivity contribution in [3.8, 4) is 11.3 Å². The zero-order valence-electron chi connectivity index (χ0n) is 11.4. The van der Waals surface area contributed by atoms with Crippen LogP contribution >= 0.6 is 11.6 Å². The minimum Gasteiger partial charge on any atom is -0.229 e. The van der Waals surface area contributed by atoms with E-state index in [1.165, 1.54) is 17.7 Å². The van der Waals surface area contributed by atoms with Crippen LogP contribution in [0.2, 0.25) is 5.15 Å². The number of benzene rings is 2. The van der Waals surface area contributed by atoms with Crippen LogP contribution in [0.1, 0.15) is 11.1 Å². The Labute approximate surface area is 127 Å². The summed E-state index contributed by atoms with van der Waals surface area (Å²) in [4.78, 5) is 0. The number of rotatable bonds is 3. The third kappa shape index (κ3) is 2.95. The van der Waals surface area contributed by atoms with Gasteiger partial charge in [-0.05, 0) is 24.6 Å². The van der Waals surface area contributed by atoms with Crippen molar-refractivity contribution in [3.63, 3.8) is 0 Å². The molecule has 3 aromatic rings. The molecule has 0 amide bonds. The Morgan fingerprint density at radius 3 is 2.62 bits per heavy atom. The fourth-order valence-electron chi connectivity index (χ4n) is 2.08. The number of hydrogen-bond donors (Lipinski definition) is 0. The second-order valence-corrected chi connectivity index (χ2v) is 5.24. The van der Waals surface area contributed by atoms with Gasteiger partial charge >= 0.3 is 0 Å². The average Bonchev–Trinajstić information content (AvgIpc) is 2.83. The Balaban J connectivity index is 1.90. The summed E-state index contributed by atoms with van der Waals surface area (Å²) >= 11 is 6.31. The predicted molar refractivity (Wildman–Crippen MR) is 80.7 cm³/mol. The van der Waals surface area contributed by atoms with Gasteiger partial charge in [-0.2, -0.15) is 0 Å². The Morgan fingerprint density at radius 2 is 1.90 bits per heavy atom. The highest BCUT2D eigenvalue weighted by Gasteiger charge is 2.13. The van der Waals surface area contributed by atoms with E-state index in [0.717, 1.165) is 5.56 Å². The molecule has 1 aromatic heterocycles. The summed E-state index contributed by atoms with van der Waals surface area (Å²) in [7, 11) is 0. The van der Waals surface area contributed by atoms with E-state index in [1.807, 2.05) is 31.2 Å². The number of nitrogens with zero attached hydrogens (tertiary/aromatic N) is 3. The van der Waals surface area contributed by atoms with Crippen LogP contribution in [0.5, 0.6) is 0 Å². The standard InChI is InChI=1S/C16H13ClFN3/c1-11-5-7-12(8-6-11)10-21-16(17)15(19-20-21)13-3-2-4-14(18)9-13/h2-9H,10H2,1H3. The Morgan fingerprint density at radius 1 is 1.14 bits per heavy atom. The van der Waals surface area contributed by atoms with Gasteiger partial charge in [0.1, 0.15) is 11.5 Å². The van der Waals surface area contributed by atoms with Gasteiger partial charge in [0.05, 0.1) is 6.54 Å². The maximum Gasteiger partial charge on any atom is 0.155 e. The van der Waals surface area contributed by atoms with Crippen LogP contribution in [-0.2, 0) is 6.54 Å². The highest BCUT2D eigenvalue weighted by Crippen LogP contribution is 2.26. The van der Waals surface area contributed by atoms with Gasteiger partial charge in [-0.3, -0.25) is 0 Å². The van der Waals surface area contributed by atoms with Crippen molar-refractivity contribution in [3.05, 3.63) is 70.6 Å². The monoisotopic (exact) mass is 301 g/mol. The molecular weight excluding hydrogens is 289 g/mol. The number of aromatic nitrogens is 3. The summed E-state index contributed by atoms with van der Waals surface area (Å²) in [5.74, 6) is -0.323. The van der Waals surface area contributed by atoms with Crippen molar-refractivity contribution in [2.45, 2.75) is 13.5 Å². The van der Waals surface area contributed by atoms with Gasteiger partial charge in [0.15, 0.2) is 5.15 Å². The maximum atomic E-state index is 13.3. The molecule has 0 atom stereocenters. The van der Waals surface area contributed by atoms with Crippen LogP contribution in [0.25, 0.3) is 11.3 Å². The Bertz CT molecular complexity index is 765. The zero-order chi connectivity index (χ0) is 14.8. The zero-order valence-corrected chi connectivity index (χ0v) is 12.2. The third-order valence-electron chi connectivity index (χ3n) is 3.23. The highest BCUT2D eigenvalue weighted by molar-refractivity contribution is 6.32. The quantitative estimate of drug-likeness (QED) is 0.729. The molecule has 0 unspecified atom stereocenters. The molecule has 3 nitrogen and oxygen atoms in total. The first-order chi connectivity index (χ1) is 10.1. The second-order valence-electron chi connectivity index (χ2n) is 4.88. The normalized spacial score (nSPS) is 10.8. The number of aryl methyl sites for hydroxylation is 1. The van der Waals surface area contributed by atoms with Gasteiger partial charge in [-0.15, -0.1) is 5.10 Å². The molecular formula is C16H13ClFN3. The van der Waals surface area contributed by atoms with Crippen molar-refractivity contribution in [2.75, 3.05) is 0 Å². The minimum absolute atomic E-state index is 0.323. The van der Waals surface area contributed by atoms with Crippen molar-refractivity contribution in [1.82, 2.24) is 15.0 Å². The summed E-state index contributed by atoms with van der Waals surface area (Å²) < 4.78 is 14.9. The number of hydrogen-bond acceptors (Lipinski definition) is 2. The fourth-order valence-corrected chi connectivity index (χ4v) is 2.32. The van der Waals surface area contributed by atoms with Crippen molar-refractivity contribution >= 4 is 11.6 Å². The van der Waals surface area contributed by atoms with Crippen LogP contribution in [0.4, 0.5) is 4.39 Å². The van der Waals surface area contributed by atoms with E-state index in [2.05, 4.69) is 10.3 Å². The van der Waals surface area contributed by atoms with Crippen LogP contribution < -0.4 is 0 Å². The molecule has 0 radical (unpaired) electrons. The Hall–Kier alpha value is -2.20. The predicted octanol–water partition coefficient (Wildman–Crippen LogP) is 4.09. The van der Waals surface area contributed by atoms with Gasteiger partial charge in [0.2, 0.25) is 0 Å². The molecule has 0 saturated heterocycles. The summed E-state index contributed by atoms with van der Waals surface area (Å²) in [6, 6.07) is 14.3. The minimum atomic E-state index is -0.323. The number of halogens is 2. The molecule has 106 valence electrons. The van der Waals surface area contributed by atoms with E-state index in [-0.39, 0.29) is 5.82 Å². The molecule has 0 aliphatic heterocycles. The average molecular weight is 302 g/mol. The van der Waals surface area contributed by atoms with E-state index in [4.69, 9.17) is 11.6 Å². The van der Waals surface area contributed by atoms with E-state index in [0.29, 0.717) is 23.0 Å². The smallest absolute Gasteiger partial charge is 0.155 e. The van der Waals surface area contributed by atoms with E-state index in [1.54, 1.807) is 16.8 Å². The molecule has 21 heavy (non-hydrogen) atoms. The summed E-state index contributed by atoms with van der Waals surface area (Å²) in [6.07, 6.45) is 0. The van der Waals surface area contributed by atoms with Crippen molar-refractivity contribution in [2.24, 2.45) is 0 Å². The summed E-state index contributed by atoms with van der Waals surface area (Å²) in [6.45, 7) is 2.57. The summed E-state index contributed by atoms with van der Waals surface area (Å²) in [5.41, 5.74) is 3.39. The van der Waals surface area contributed by atoms with Crippen molar-refractivity contribution < 1.29 is 4.39 Å². The molecule has 2 aromatic carbocycles. The van der Waals surface area contributed by atoms with Crippen LogP contribution in [0.15, 0.2) is 48.5 Å². The molecule has 0 fully saturated rings. The lowest BCUT2D eigenvalue weighted by molar-refractivity contribution is 0.628. The molecule has 5 heteroatoms. The van der Waals surface area contributed by atoms with Gasteiger partial charge < -0.3 is 0 Å². The summed E-state index contributed by atoms with van der Waals surface area (Å²) in [5, 5.41) is 8.51. The van der Waals surface area contributed by atoms with E-state index < -0.39 is 0 Å². The van der Waals surface area contributed by atoms with E-state index in [9.17, 15) is 4.39 Å². The van der Waals surface area contributed by atoms with Gasteiger partial charge in [-0.1, -0.05) is 58.8 Å². The van der Waals surface area contributed by atoms with E-state index >= 15 is 0 Å². The molecule has 0 N–H and O–H groups in total. The first-order valence-corrected chi connectivity index (χ1v) is 6.92. The lowest BCUT2D eigenvalue weighted by Crippen LogP contribution is -2.02. The molecule has 0 aliphatic carbocycles. The van der Waals surface area contributed by atoms with Crippen LogP contribution in [0, 0.1) is 12.7 Å². The molecule has 0 saturated carbocycles. The molecule has 3 rings (SSSR count). The third-order valence-corrected chi connectivity index (χ3v) is 3.60. The molecule has 0 aliphatic rings. The topological polar surface area (TPSA) is 30.7 Å². The van der Waals surface area contributed by atoms with Gasteiger partial charge in [0.25, 0.3) is 0 Å². The fraction of sp³-hybridized carbons (Fsp3) is 0.125. The van der Waals surface area contributed by atoms with Gasteiger partial charge in [-0.25, -0.2) is 9.07 Å². The SMILES string of the molecule is Cc1ccc(Cn2nnc(-c3cccc(F)c3)c2Cl)cc1. The molecule has 1 heterocycles. The molecule has 0 spiro atoms. The molecule has 0 bridgehead atoms. The maximum absolute atomic E-state index is 13.3. The first-order valence-electron chi connectivity index (χ1n) is 6.54. The van der Waals surface area contributed by atoms with Crippen LogP contribution in [-0.4, -0.2) is 15.0 Å². The Kier molecular flexibility index (Phi) is 3.71. The highest BCUT2D eigenvalue weighted by atomic mass is 35.5. The van der Waals surface area contributed by atoms with Gasteiger partial charge in [0, 0.05) is 5.56 Å². The largest absolute Gasteiger partial charge is 0.229 e. The lowest BCUT2D eigenvalue weighted by Gasteiger charge is -2.03. The van der Waals surface area contributed by atoms with Crippen LogP contribution in [0.3, 0.4) is 0 Å². The lowest BCUT2D eigenvalue weighted by atomic mass is 10.1.